The molecule has 2 rings (SSSR count). The van der Waals surface area contributed by atoms with Gasteiger partial charge in [0, 0.05) is 0 Å². The maximum absolute atomic E-state index is 10.6. The van der Waals surface area contributed by atoms with Crippen LogP contribution in [0.15, 0.2) is 12.1 Å². The summed E-state index contributed by atoms with van der Waals surface area (Å²) in [5.41, 5.74) is 0.945. The molecule has 0 aliphatic heterocycles. The average Bonchev–Trinajstić information content (AvgIpc) is 2.58. The number of carboxylic acid groups (broad SMARTS) is 1. The number of carbonyl (C=O) groups is 1. The molecular formula is C8H7N3O3. The second-order valence-corrected chi connectivity index (χ2v) is 2.62. The first-order valence-electron chi connectivity index (χ1n) is 3.85. The van der Waals surface area contributed by atoms with Gasteiger partial charge < -0.3 is 14.8 Å². The predicted octanol–water partition coefficient (Wildman–Crippen LogP) is 0.665. The van der Waals surface area contributed by atoms with Crippen LogP contribution in [0.3, 0.4) is 0 Å². The van der Waals surface area contributed by atoms with Crippen molar-refractivity contribution < 1.29 is 14.6 Å². The Balaban J connectivity index is 2.59. The number of hydrogen-bond acceptors (Lipinski definition) is 4. The number of aromatic carboxylic acids is 1. The molecule has 0 aliphatic carbocycles. The fourth-order valence-electron chi connectivity index (χ4n) is 1.09. The first-order chi connectivity index (χ1) is 6.70. The van der Waals surface area contributed by atoms with Crippen molar-refractivity contribution in [3.8, 4) is 6.01 Å². The van der Waals surface area contributed by atoms with Crippen molar-refractivity contribution in [2.75, 3.05) is 7.11 Å². The number of aromatic nitrogens is 3. The largest absolute Gasteiger partial charge is 0.477 e. The Bertz CT molecular complexity index is 492. The summed E-state index contributed by atoms with van der Waals surface area (Å²) in [5, 5.41) is 8.68. The van der Waals surface area contributed by atoms with Gasteiger partial charge in [-0.05, 0) is 12.1 Å². The molecule has 6 heteroatoms. The van der Waals surface area contributed by atoms with E-state index in [0.29, 0.717) is 17.2 Å². The average molecular weight is 193 g/mol. The molecule has 2 N–H and O–H groups in total. The van der Waals surface area contributed by atoms with E-state index in [0.717, 1.165) is 0 Å². The Morgan fingerprint density at radius 3 is 2.93 bits per heavy atom. The Labute approximate surface area is 78.6 Å². The Morgan fingerprint density at radius 2 is 2.29 bits per heavy atom. The highest BCUT2D eigenvalue weighted by Crippen LogP contribution is 2.13. The van der Waals surface area contributed by atoms with E-state index in [9.17, 15) is 4.79 Å². The lowest BCUT2D eigenvalue weighted by Gasteiger charge is -1.90. The van der Waals surface area contributed by atoms with Crippen LogP contribution < -0.4 is 4.74 Å². The molecule has 0 unspecified atom stereocenters. The van der Waals surface area contributed by atoms with Crippen LogP contribution in [-0.4, -0.2) is 33.1 Å². The second kappa shape index (κ2) is 2.99. The Morgan fingerprint density at radius 1 is 1.50 bits per heavy atom. The van der Waals surface area contributed by atoms with E-state index in [-0.39, 0.29) is 5.69 Å². The van der Waals surface area contributed by atoms with Gasteiger partial charge in [0.1, 0.15) is 0 Å². The number of nitrogens with zero attached hydrogens (tertiary/aromatic N) is 2. The molecule has 0 bridgehead atoms. The van der Waals surface area contributed by atoms with Crippen molar-refractivity contribution >= 4 is 17.1 Å². The molecule has 2 aromatic heterocycles. The number of carboxylic acids is 1. The number of aromatic amines is 1. The first kappa shape index (κ1) is 8.49. The van der Waals surface area contributed by atoms with Gasteiger partial charge >= 0.3 is 5.97 Å². The summed E-state index contributed by atoms with van der Waals surface area (Å²) in [6, 6.07) is 3.32. The number of H-pyrrole nitrogens is 1. The van der Waals surface area contributed by atoms with Gasteiger partial charge in [-0.25, -0.2) is 9.78 Å². The third-order valence-corrected chi connectivity index (χ3v) is 1.74. The third kappa shape index (κ3) is 1.26. The van der Waals surface area contributed by atoms with Crippen molar-refractivity contribution in [1.82, 2.24) is 15.0 Å². The molecule has 0 radical (unpaired) electrons. The highest BCUT2D eigenvalue weighted by atomic mass is 16.5. The molecule has 0 saturated heterocycles. The molecule has 0 aromatic carbocycles. The van der Waals surface area contributed by atoms with Gasteiger partial charge in [0.2, 0.25) is 0 Å². The van der Waals surface area contributed by atoms with E-state index >= 15 is 0 Å². The van der Waals surface area contributed by atoms with E-state index in [1.165, 1.54) is 13.2 Å². The molecule has 2 heterocycles. The smallest absolute Gasteiger partial charge is 0.354 e. The highest BCUT2D eigenvalue weighted by molar-refractivity contribution is 5.88. The van der Waals surface area contributed by atoms with Crippen molar-refractivity contribution in [3.63, 3.8) is 0 Å². The molecule has 6 nitrogen and oxygen atoms in total. The number of nitrogens with one attached hydrogen (secondary N) is 1. The van der Waals surface area contributed by atoms with Crippen molar-refractivity contribution in [1.29, 1.82) is 0 Å². The molecular weight excluding hydrogens is 186 g/mol. The molecule has 72 valence electrons. The van der Waals surface area contributed by atoms with E-state index < -0.39 is 5.97 Å². The van der Waals surface area contributed by atoms with Crippen LogP contribution in [0.4, 0.5) is 0 Å². The van der Waals surface area contributed by atoms with Gasteiger partial charge in [-0.2, -0.15) is 4.98 Å². The number of imidazole rings is 1. The standard InChI is InChI=1S/C8H7N3O3/c1-14-8-10-4-2-3-5(7(12)13)9-6(4)11-8/h2-3H,1H3,(H,12,13)(H,9,10,11). The van der Waals surface area contributed by atoms with Gasteiger partial charge in [0.25, 0.3) is 6.01 Å². The van der Waals surface area contributed by atoms with Gasteiger partial charge in [0.05, 0.1) is 12.6 Å². The summed E-state index contributed by atoms with van der Waals surface area (Å²) in [6.07, 6.45) is 0. The van der Waals surface area contributed by atoms with Gasteiger partial charge in [-0.3, -0.25) is 0 Å². The zero-order valence-corrected chi connectivity index (χ0v) is 7.31. The summed E-state index contributed by atoms with van der Waals surface area (Å²) >= 11 is 0. The van der Waals surface area contributed by atoms with Crippen LogP contribution in [0.1, 0.15) is 10.5 Å². The molecule has 14 heavy (non-hydrogen) atoms. The number of methoxy groups -OCH3 is 1. The second-order valence-electron chi connectivity index (χ2n) is 2.62. The zero-order valence-electron chi connectivity index (χ0n) is 7.31. The summed E-state index contributed by atoms with van der Waals surface area (Å²) in [7, 11) is 1.47. The van der Waals surface area contributed by atoms with Crippen LogP contribution >= 0.6 is 0 Å². The maximum atomic E-state index is 10.6. The van der Waals surface area contributed by atoms with Gasteiger partial charge in [-0.15, -0.1) is 0 Å². The summed E-state index contributed by atoms with van der Waals surface area (Å²) in [5.74, 6) is -1.08. The Kier molecular flexibility index (Phi) is 1.81. The van der Waals surface area contributed by atoms with Crippen molar-refractivity contribution in [2.45, 2.75) is 0 Å². The Hall–Kier alpha value is -2.11. The van der Waals surface area contributed by atoms with Crippen LogP contribution in [0.2, 0.25) is 0 Å². The fourth-order valence-corrected chi connectivity index (χ4v) is 1.09. The van der Waals surface area contributed by atoms with Crippen LogP contribution in [0.25, 0.3) is 11.2 Å². The number of rotatable bonds is 2. The fraction of sp³-hybridized carbons (Fsp3) is 0.125. The minimum atomic E-state index is -1.08. The number of fused-ring (bicyclic) bond motifs is 1. The predicted molar refractivity (Wildman–Crippen MR) is 47.4 cm³/mol. The van der Waals surface area contributed by atoms with E-state index in [2.05, 4.69) is 15.0 Å². The van der Waals surface area contributed by atoms with Crippen LogP contribution in [0.5, 0.6) is 6.01 Å². The third-order valence-electron chi connectivity index (χ3n) is 1.74. The van der Waals surface area contributed by atoms with Crippen LogP contribution in [0, 0.1) is 0 Å². The number of pyridine rings is 1. The summed E-state index contributed by atoms with van der Waals surface area (Å²) in [4.78, 5) is 21.2. The summed E-state index contributed by atoms with van der Waals surface area (Å²) < 4.78 is 4.85. The number of hydrogen-bond donors (Lipinski definition) is 2. The normalized spacial score (nSPS) is 10.4. The zero-order chi connectivity index (χ0) is 10.1. The molecule has 0 spiro atoms. The van der Waals surface area contributed by atoms with E-state index in [1.54, 1.807) is 6.07 Å². The summed E-state index contributed by atoms with van der Waals surface area (Å²) in [6.45, 7) is 0. The lowest BCUT2D eigenvalue weighted by atomic mass is 10.3. The molecule has 0 atom stereocenters. The molecule has 0 fully saturated rings. The van der Waals surface area contributed by atoms with E-state index in [1.807, 2.05) is 0 Å². The molecule has 0 saturated carbocycles. The topological polar surface area (TPSA) is 88.1 Å². The monoisotopic (exact) mass is 193 g/mol. The maximum Gasteiger partial charge on any atom is 0.354 e. The van der Waals surface area contributed by atoms with Gasteiger partial charge in [-0.1, -0.05) is 0 Å². The lowest BCUT2D eigenvalue weighted by Crippen LogP contribution is -1.99. The highest BCUT2D eigenvalue weighted by Gasteiger charge is 2.08. The minimum Gasteiger partial charge on any atom is -0.477 e. The quantitative estimate of drug-likeness (QED) is 0.731. The first-order valence-corrected chi connectivity index (χ1v) is 3.85. The van der Waals surface area contributed by atoms with Crippen molar-refractivity contribution in [2.24, 2.45) is 0 Å². The number of ether oxygens (including phenoxy) is 1. The van der Waals surface area contributed by atoms with Crippen LogP contribution in [-0.2, 0) is 0 Å². The van der Waals surface area contributed by atoms with E-state index in [4.69, 9.17) is 9.84 Å². The SMILES string of the molecule is COc1nc2nc(C(=O)O)ccc2[nH]1. The molecule has 0 aliphatic rings. The minimum absolute atomic E-state index is 0.0355. The lowest BCUT2D eigenvalue weighted by molar-refractivity contribution is 0.0691. The van der Waals surface area contributed by atoms with Gasteiger partial charge in [0.15, 0.2) is 11.3 Å². The van der Waals surface area contributed by atoms with Crippen molar-refractivity contribution in [3.05, 3.63) is 17.8 Å². The molecule has 0 amide bonds. The molecule has 2 aromatic rings.